The van der Waals surface area contributed by atoms with Crippen molar-refractivity contribution in [2.75, 3.05) is 33.4 Å². The average molecular weight is 288 g/mol. The smallest absolute Gasteiger partial charge is 0.0594 e. The largest absolute Gasteiger partial charge is 0.379 e. The van der Waals surface area contributed by atoms with Gasteiger partial charge in [-0.05, 0) is 44.7 Å². The Kier molecular flexibility index (Phi) is 4.34. The molecule has 0 spiro atoms. The predicted molar refractivity (Wildman–Crippen MR) is 86.6 cm³/mol. The zero-order valence-corrected chi connectivity index (χ0v) is 13.5. The fourth-order valence-electron chi connectivity index (χ4n) is 4.09. The third kappa shape index (κ3) is 3.01. The van der Waals surface area contributed by atoms with Gasteiger partial charge in [-0.2, -0.15) is 0 Å². The molecule has 0 radical (unpaired) electrons. The minimum absolute atomic E-state index is 0.173. The maximum atomic E-state index is 5.51. The molecule has 1 saturated heterocycles. The molecular formula is C18H28N2O. The van der Waals surface area contributed by atoms with Crippen LogP contribution in [0.4, 0.5) is 0 Å². The zero-order valence-electron chi connectivity index (χ0n) is 13.5. The quantitative estimate of drug-likeness (QED) is 0.901. The summed E-state index contributed by atoms with van der Waals surface area (Å²) in [6, 6.07) is 11.5. The molecule has 1 aliphatic heterocycles. The van der Waals surface area contributed by atoms with Gasteiger partial charge < -0.3 is 10.1 Å². The van der Waals surface area contributed by atoms with Crippen LogP contribution in [0.5, 0.6) is 0 Å². The minimum atomic E-state index is 0.173. The molecule has 1 N–H and O–H groups in total. The van der Waals surface area contributed by atoms with Gasteiger partial charge in [-0.3, -0.25) is 4.90 Å². The Morgan fingerprint density at radius 2 is 1.86 bits per heavy atom. The molecule has 3 heteroatoms. The van der Waals surface area contributed by atoms with E-state index in [2.05, 4.69) is 61.4 Å². The van der Waals surface area contributed by atoms with Crippen molar-refractivity contribution in [1.29, 1.82) is 0 Å². The Morgan fingerprint density at radius 1 is 1.19 bits per heavy atom. The van der Waals surface area contributed by atoms with Crippen LogP contribution < -0.4 is 5.32 Å². The highest BCUT2D eigenvalue weighted by molar-refractivity contribution is 5.27. The summed E-state index contributed by atoms with van der Waals surface area (Å²) in [6.07, 6.45) is 1.31. The number of likely N-dealkylation sites (N-methyl/N-ethyl adjacent to an activating group) is 1. The zero-order chi connectivity index (χ0) is 14.9. The summed E-state index contributed by atoms with van der Waals surface area (Å²) in [7, 11) is 2.12. The van der Waals surface area contributed by atoms with Gasteiger partial charge in [-0.25, -0.2) is 0 Å². The van der Waals surface area contributed by atoms with E-state index >= 15 is 0 Å². The first-order chi connectivity index (χ1) is 10.1. The first-order valence-corrected chi connectivity index (χ1v) is 8.19. The van der Waals surface area contributed by atoms with Crippen LogP contribution in [0.15, 0.2) is 30.3 Å². The number of hydrogen-bond donors (Lipinski definition) is 1. The van der Waals surface area contributed by atoms with E-state index in [0.29, 0.717) is 6.04 Å². The average Bonchev–Trinajstić information content (AvgIpc) is 3.30. The van der Waals surface area contributed by atoms with Crippen molar-refractivity contribution in [3.63, 3.8) is 0 Å². The molecule has 3 nitrogen and oxygen atoms in total. The lowest BCUT2D eigenvalue weighted by atomic mass is 9.87. The van der Waals surface area contributed by atoms with Gasteiger partial charge in [0.15, 0.2) is 0 Å². The Morgan fingerprint density at radius 3 is 2.48 bits per heavy atom. The third-order valence-corrected chi connectivity index (χ3v) is 5.39. The number of rotatable bonds is 5. The number of nitrogens with zero attached hydrogens (tertiary/aromatic N) is 1. The second kappa shape index (κ2) is 6.07. The van der Waals surface area contributed by atoms with Crippen LogP contribution in [-0.2, 0) is 4.74 Å². The van der Waals surface area contributed by atoms with Crippen LogP contribution in [0.2, 0.25) is 0 Å². The lowest BCUT2D eigenvalue weighted by Gasteiger charge is -2.46. The number of hydrogen-bond acceptors (Lipinski definition) is 3. The molecule has 3 atom stereocenters. The van der Waals surface area contributed by atoms with Crippen LogP contribution in [-0.4, -0.2) is 49.8 Å². The molecule has 1 aromatic carbocycles. The summed E-state index contributed by atoms with van der Waals surface area (Å²) in [4.78, 5) is 2.60. The lowest BCUT2D eigenvalue weighted by Crippen LogP contribution is -2.60. The first kappa shape index (κ1) is 15.0. The maximum absolute atomic E-state index is 5.51. The van der Waals surface area contributed by atoms with E-state index in [1.54, 1.807) is 0 Å². The highest BCUT2D eigenvalue weighted by atomic mass is 16.5. The van der Waals surface area contributed by atoms with Gasteiger partial charge in [0, 0.05) is 24.7 Å². The number of ether oxygens (including phenoxy) is 1. The molecular weight excluding hydrogens is 260 g/mol. The number of morpholine rings is 1. The van der Waals surface area contributed by atoms with Gasteiger partial charge in [0.05, 0.1) is 13.2 Å². The van der Waals surface area contributed by atoms with Gasteiger partial charge in [-0.15, -0.1) is 0 Å². The van der Waals surface area contributed by atoms with E-state index in [-0.39, 0.29) is 5.54 Å². The lowest BCUT2D eigenvalue weighted by molar-refractivity contribution is -0.0255. The normalized spacial score (nSPS) is 28.3. The maximum Gasteiger partial charge on any atom is 0.0594 e. The molecule has 3 unspecified atom stereocenters. The van der Waals surface area contributed by atoms with E-state index in [1.807, 2.05) is 0 Å². The number of nitrogens with one attached hydrogen (secondary N) is 1. The molecule has 3 rings (SSSR count). The topological polar surface area (TPSA) is 24.5 Å². The Labute approximate surface area is 128 Å². The van der Waals surface area contributed by atoms with Gasteiger partial charge >= 0.3 is 0 Å². The summed E-state index contributed by atoms with van der Waals surface area (Å²) >= 11 is 0. The Balaban J connectivity index is 1.70. The van der Waals surface area contributed by atoms with Crippen molar-refractivity contribution in [2.24, 2.45) is 5.92 Å². The highest BCUT2D eigenvalue weighted by Gasteiger charge is 2.50. The van der Waals surface area contributed by atoms with Crippen molar-refractivity contribution in [3.05, 3.63) is 35.9 Å². The van der Waals surface area contributed by atoms with Crippen molar-refractivity contribution >= 4 is 0 Å². The van der Waals surface area contributed by atoms with E-state index in [0.717, 1.165) is 38.1 Å². The predicted octanol–water partition coefficient (Wildman–Crippen LogP) is 2.49. The van der Waals surface area contributed by atoms with Crippen LogP contribution in [0.25, 0.3) is 0 Å². The van der Waals surface area contributed by atoms with Crippen molar-refractivity contribution < 1.29 is 4.74 Å². The first-order valence-electron chi connectivity index (χ1n) is 8.19. The molecule has 2 fully saturated rings. The fraction of sp³-hybridized carbons (Fsp3) is 0.667. The molecule has 116 valence electrons. The monoisotopic (exact) mass is 288 g/mol. The van der Waals surface area contributed by atoms with E-state index < -0.39 is 0 Å². The van der Waals surface area contributed by atoms with Crippen molar-refractivity contribution in [3.8, 4) is 0 Å². The van der Waals surface area contributed by atoms with E-state index in [4.69, 9.17) is 4.74 Å². The minimum Gasteiger partial charge on any atom is -0.379 e. The van der Waals surface area contributed by atoms with Crippen LogP contribution in [0, 0.1) is 5.92 Å². The van der Waals surface area contributed by atoms with E-state index in [1.165, 1.54) is 12.0 Å². The summed E-state index contributed by atoms with van der Waals surface area (Å²) in [5.74, 6) is 1.47. The van der Waals surface area contributed by atoms with Crippen molar-refractivity contribution in [1.82, 2.24) is 10.2 Å². The summed E-state index contributed by atoms with van der Waals surface area (Å²) in [5.41, 5.74) is 1.67. The van der Waals surface area contributed by atoms with Gasteiger partial charge in [0.2, 0.25) is 0 Å². The molecule has 1 saturated carbocycles. The summed E-state index contributed by atoms with van der Waals surface area (Å²) in [5, 5.41) is 3.62. The SMILES string of the molecule is CNC(C1CC1c1ccccc1)C(C)(C)N1CCOCC1. The molecule has 0 aromatic heterocycles. The Hall–Kier alpha value is -0.900. The molecule has 1 heterocycles. The summed E-state index contributed by atoms with van der Waals surface area (Å²) in [6.45, 7) is 8.61. The Bertz CT molecular complexity index is 454. The molecule has 0 bridgehead atoms. The van der Waals surface area contributed by atoms with Crippen LogP contribution in [0.1, 0.15) is 31.7 Å². The second-order valence-corrected chi connectivity index (χ2v) is 6.94. The van der Waals surface area contributed by atoms with E-state index in [9.17, 15) is 0 Å². The van der Waals surface area contributed by atoms with Crippen LogP contribution in [0.3, 0.4) is 0 Å². The fourth-order valence-corrected chi connectivity index (χ4v) is 4.09. The van der Waals surface area contributed by atoms with Gasteiger partial charge in [0.25, 0.3) is 0 Å². The van der Waals surface area contributed by atoms with Gasteiger partial charge in [-0.1, -0.05) is 30.3 Å². The second-order valence-electron chi connectivity index (χ2n) is 6.94. The molecule has 1 aromatic rings. The standard InChI is InChI=1S/C18H28N2O/c1-18(2,20-9-11-21-12-10-20)17(19-3)16-13-15(16)14-7-5-4-6-8-14/h4-8,15-17,19H,9-13H2,1-3H3. The molecule has 1 aliphatic carbocycles. The number of benzene rings is 1. The summed E-state index contributed by atoms with van der Waals surface area (Å²) < 4.78 is 5.51. The van der Waals surface area contributed by atoms with Crippen LogP contribution >= 0.6 is 0 Å². The van der Waals surface area contributed by atoms with Crippen molar-refractivity contribution in [2.45, 2.75) is 37.8 Å². The molecule has 0 amide bonds. The molecule has 2 aliphatic rings. The molecule has 21 heavy (non-hydrogen) atoms. The highest BCUT2D eigenvalue weighted by Crippen LogP contribution is 2.52. The van der Waals surface area contributed by atoms with Gasteiger partial charge in [0.1, 0.15) is 0 Å². The third-order valence-electron chi connectivity index (χ3n) is 5.39.